The fourth-order valence-electron chi connectivity index (χ4n) is 1.46. The van der Waals surface area contributed by atoms with E-state index in [4.69, 9.17) is 9.47 Å². The second-order valence-corrected chi connectivity index (χ2v) is 6.67. The minimum atomic E-state index is -4.58. The lowest BCUT2D eigenvalue weighted by atomic mass is 10.2. The van der Waals surface area contributed by atoms with Crippen molar-refractivity contribution in [2.75, 3.05) is 20.2 Å². The number of hydrogen-bond donors (Lipinski definition) is 0. The summed E-state index contributed by atoms with van der Waals surface area (Å²) in [6.07, 6.45) is -3.95. The van der Waals surface area contributed by atoms with E-state index in [1.54, 1.807) is 20.8 Å². The van der Waals surface area contributed by atoms with Gasteiger partial charge in [-0.2, -0.15) is 13.2 Å². The number of alkyl halides is 3. The van der Waals surface area contributed by atoms with Crippen molar-refractivity contribution >= 4 is 22.0 Å². The Hall–Kier alpha value is -1.51. The van der Waals surface area contributed by atoms with Crippen LogP contribution in [0.5, 0.6) is 5.88 Å². The third-order valence-electron chi connectivity index (χ3n) is 2.49. The van der Waals surface area contributed by atoms with Crippen LogP contribution in [-0.4, -0.2) is 41.8 Å². The van der Waals surface area contributed by atoms with Gasteiger partial charge in [0.05, 0.1) is 6.54 Å². The molecular weight excluding hydrogens is 381 g/mol. The molecule has 0 fully saturated rings. The highest BCUT2D eigenvalue weighted by atomic mass is 79.9. The van der Waals surface area contributed by atoms with Crippen LogP contribution in [0.3, 0.4) is 0 Å². The van der Waals surface area contributed by atoms with E-state index in [-0.39, 0.29) is 17.6 Å². The number of carbonyl (C=O) groups is 1. The summed E-state index contributed by atoms with van der Waals surface area (Å²) in [6, 6.07) is 0.889. The highest BCUT2D eigenvalue weighted by molar-refractivity contribution is 9.10. The van der Waals surface area contributed by atoms with E-state index in [0.717, 1.165) is 6.07 Å². The van der Waals surface area contributed by atoms with Gasteiger partial charge in [-0.25, -0.2) is 9.78 Å². The van der Waals surface area contributed by atoms with Crippen molar-refractivity contribution in [3.05, 3.63) is 22.3 Å². The molecule has 0 aromatic carbocycles. The Morgan fingerprint density at radius 1 is 1.35 bits per heavy atom. The lowest BCUT2D eigenvalue weighted by molar-refractivity contribution is -0.139. The van der Waals surface area contributed by atoms with E-state index in [2.05, 4.69) is 20.9 Å². The summed E-state index contributed by atoms with van der Waals surface area (Å²) < 4.78 is 49.1. The van der Waals surface area contributed by atoms with Gasteiger partial charge in [-0.15, -0.1) is 0 Å². The molecule has 1 rings (SSSR count). The van der Waals surface area contributed by atoms with Gasteiger partial charge in [0.15, 0.2) is 0 Å². The molecule has 5 nitrogen and oxygen atoms in total. The zero-order valence-electron chi connectivity index (χ0n) is 13.2. The van der Waals surface area contributed by atoms with Crippen LogP contribution < -0.4 is 4.74 Å². The maximum atomic E-state index is 12.9. The molecule has 9 heteroatoms. The number of pyridine rings is 1. The summed E-state index contributed by atoms with van der Waals surface area (Å²) in [5.41, 5.74) is -1.63. The van der Waals surface area contributed by atoms with E-state index in [1.807, 2.05) is 0 Å². The average molecular weight is 399 g/mol. The van der Waals surface area contributed by atoms with Crippen LogP contribution in [0.25, 0.3) is 0 Å². The molecule has 1 aromatic rings. The molecule has 1 amide bonds. The fourth-order valence-corrected chi connectivity index (χ4v) is 1.79. The van der Waals surface area contributed by atoms with Gasteiger partial charge in [0, 0.05) is 17.7 Å². The van der Waals surface area contributed by atoms with E-state index in [9.17, 15) is 18.0 Å². The molecule has 0 saturated carbocycles. The topological polar surface area (TPSA) is 51.7 Å². The van der Waals surface area contributed by atoms with Gasteiger partial charge in [-0.3, -0.25) is 0 Å². The first-order valence-corrected chi connectivity index (χ1v) is 7.49. The van der Waals surface area contributed by atoms with Crippen molar-refractivity contribution in [1.29, 1.82) is 0 Å². The second kappa shape index (κ2) is 7.37. The Morgan fingerprint density at radius 2 is 1.96 bits per heavy atom. The molecule has 130 valence electrons. The first-order valence-electron chi connectivity index (χ1n) is 6.70. The number of hydrogen-bond acceptors (Lipinski definition) is 4. The molecule has 0 unspecified atom stereocenters. The van der Waals surface area contributed by atoms with Crippen molar-refractivity contribution < 1.29 is 27.4 Å². The number of likely N-dealkylation sites (N-methyl/N-ethyl adjacent to an activating group) is 1. The molecule has 23 heavy (non-hydrogen) atoms. The lowest BCUT2D eigenvalue weighted by Gasteiger charge is -2.24. The molecule has 0 aliphatic rings. The molecule has 0 aliphatic heterocycles. The number of aromatic nitrogens is 1. The largest absolute Gasteiger partial charge is 0.475 e. The van der Waals surface area contributed by atoms with Crippen LogP contribution in [0.2, 0.25) is 0 Å². The van der Waals surface area contributed by atoms with Gasteiger partial charge in [0.25, 0.3) is 0 Å². The summed E-state index contributed by atoms with van der Waals surface area (Å²) in [5.74, 6) is -0.529. The van der Waals surface area contributed by atoms with Crippen LogP contribution in [0.15, 0.2) is 16.7 Å². The molecular formula is C14H18BrF3N2O3. The van der Waals surface area contributed by atoms with Crippen LogP contribution >= 0.6 is 15.9 Å². The van der Waals surface area contributed by atoms with Crippen molar-refractivity contribution in [1.82, 2.24) is 9.88 Å². The Labute approximate surface area is 140 Å². The number of nitrogens with zero attached hydrogens (tertiary/aromatic N) is 2. The number of ether oxygens (including phenoxy) is 2. The van der Waals surface area contributed by atoms with Crippen molar-refractivity contribution in [3.63, 3.8) is 0 Å². The SMILES string of the molecule is CN(CCOc1ncc(Br)cc1C(F)(F)F)C(=O)OC(C)(C)C. The van der Waals surface area contributed by atoms with Gasteiger partial charge in [-0.1, -0.05) is 0 Å². The van der Waals surface area contributed by atoms with E-state index < -0.39 is 29.3 Å². The normalized spacial score (nSPS) is 12.0. The number of rotatable bonds is 4. The average Bonchev–Trinajstić information content (AvgIpc) is 2.37. The van der Waals surface area contributed by atoms with Gasteiger partial charge in [0.1, 0.15) is 17.8 Å². The minimum absolute atomic E-state index is 0.0595. The second-order valence-electron chi connectivity index (χ2n) is 5.75. The van der Waals surface area contributed by atoms with E-state index in [1.165, 1.54) is 18.1 Å². The smallest absolute Gasteiger partial charge is 0.421 e. The molecule has 1 aromatic heterocycles. The quantitative estimate of drug-likeness (QED) is 0.765. The molecule has 0 radical (unpaired) electrons. The highest BCUT2D eigenvalue weighted by Crippen LogP contribution is 2.36. The first kappa shape index (κ1) is 19.5. The number of carbonyl (C=O) groups excluding carboxylic acids is 1. The van der Waals surface area contributed by atoms with Gasteiger partial charge < -0.3 is 14.4 Å². The van der Waals surface area contributed by atoms with Crippen molar-refractivity contribution in [2.24, 2.45) is 0 Å². The predicted octanol–water partition coefficient (Wildman–Crippen LogP) is 4.11. The molecule has 0 N–H and O–H groups in total. The molecule has 1 heterocycles. The number of halogens is 4. The summed E-state index contributed by atoms with van der Waals surface area (Å²) in [5, 5.41) is 0. The van der Waals surface area contributed by atoms with Crippen LogP contribution in [0.4, 0.5) is 18.0 Å². The van der Waals surface area contributed by atoms with Crippen LogP contribution in [-0.2, 0) is 10.9 Å². The minimum Gasteiger partial charge on any atom is -0.475 e. The third-order valence-corrected chi connectivity index (χ3v) is 2.93. The Morgan fingerprint density at radius 3 is 2.48 bits per heavy atom. The zero-order valence-corrected chi connectivity index (χ0v) is 14.8. The Balaban J connectivity index is 2.65. The standard InChI is InChI=1S/C14H18BrF3N2O3/c1-13(2,3)23-12(21)20(4)5-6-22-11-10(14(16,17)18)7-9(15)8-19-11/h7-8H,5-6H2,1-4H3. The molecule has 0 aliphatic carbocycles. The molecule has 0 bridgehead atoms. The number of amides is 1. The van der Waals surface area contributed by atoms with E-state index >= 15 is 0 Å². The van der Waals surface area contributed by atoms with Gasteiger partial charge in [0.2, 0.25) is 5.88 Å². The van der Waals surface area contributed by atoms with Crippen LogP contribution in [0.1, 0.15) is 26.3 Å². The van der Waals surface area contributed by atoms with Crippen molar-refractivity contribution in [2.45, 2.75) is 32.5 Å². The first-order chi connectivity index (χ1) is 10.4. The predicted molar refractivity (Wildman–Crippen MR) is 81.3 cm³/mol. The molecule has 0 atom stereocenters. The third kappa shape index (κ3) is 6.64. The van der Waals surface area contributed by atoms with Crippen LogP contribution in [0, 0.1) is 0 Å². The Bertz CT molecular complexity index is 559. The summed E-state index contributed by atoms with van der Waals surface area (Å²) in [7, 11) is 1.47. The molecule has 0 spiro atoms. The molecule has 0 saturated heterocycles. The highest BCUT2D eigenvalue weighted by Gasteiger charge is 2.35. The lowest BCUT2D eigenvalue weighted by Crippen LogP contribution is -2.36. The summed E-state index contributed by atoms with van der Waals surface area (Å²) in [4.78, 5) is 16.6. The monoisotopic (exact) mass is 398 g/mol. The maximum Gasteiger partial charge on any atom is 0.421 e. The summed E-state index contributed by atoms with van der Waals surface area (Å²) in [6.45, 7) is 5.07. The maximum absolute atomic E-state index is 12.9. The fraction of sp³-hybridized carbons (Fsp3) is 0.571. The zero-order chi connectivity index (χ0) is 17.8. The van der Waals surface area contributed by atoms with Crippen molar-refractivity contribution in [3.8, 4) is 5.88 Å². The van der Waals surface area contributed by atoms with E-state index in [0.29, 0.717) is 0 Å². The summed E-state index contributed by atoms with van der Waals surface area (Å²) >= 11 is 2.94. The van der Waals surface area contributed by atoms with Gasteiger partial charge in [-0.05, 0) is 42.8 Å². The Kier molecular flexibility index (Phi) is 6.26. The van der Waals surface area contributed by atoms with Gasteiger partial charge >= 0.3 is 12.3 Å².